The normalized spacial score (nSPS) is 12.5. The molecular formula is C6H11N3O7S. The zero-order chi connectivity index (χ0) is 13.6. The molecule has 0 heterocycles. The Labute approximate surface area is 96.3 Å². The number of hydrogen-bond acceptors (Lipinski definition) is 6. The summed E-state index contributed by atoms with van der Waals surface area (Å²) in [5, 5.41) is 8.60. The largest absolute Gasteiger partial charge is 0.480 e. The van der Waals surface area contributed by atoms with Crippen molar-refractivity contribution >= 4 is 28.2 Å². The van der Waals surface area contributed by atoms with Gasteiger partial charge >= 0.3 is 22.3 Å². The quantitative estimate of drug-likeness (QED) is 0.413. The number of rotatable bonds is 6. The Balaban J connectivity index is 4.70. The molecular weight excluding hydrogens is 258 g/mol. The van der Waals surface area contributed by atoms with Gasteiger partial charge in [0.1, 0.15) is 6.04 Å². The fraction of sp³-hybridized carbons (Fsp3) is 0.500. The van der Waals surface area contributed by atoms with Crippen LogP contribution in [-0.2, 0) is 24.5 Å². The smallest absolute Gasteiger partial charge is 0.421 e. The maximum Gasteiger partial charge on any atom is 0.421 e. The molecule has 2 amide bonds. The van der Waals surface area contributed by atoms with Crippen molar-refractivity contribution in [3.8, 4) is 0 Å². The summed E-state index contributed by atoms with van der Waals surface area (Å²) in [6, 6.07) is -1.77. The number of ether oxygens (including phenoxy) is 1. The van der Waals surface area contributed by atoms with Crippen molar-refractivity contribution in [1.82, 2.24) is 9.44 Å². The molecule has 1 unspecified atom stereocenters. The maximum absolute atomic E-state index is 11.2. The van der Waals surface area contributed by atoms with Crippen molar-refractivity contribution in [2.75, 3.05) is 7.11 Å². The average molecular weight is 269 g/mol. The first-order valence-corrected chi connectivity index (χ1v) is 5.55. The third-order valence-electron chi connectivity index (χ3n) is 1.40. The fourth-order valence-corrected chi connectivity index (χ4v) is 1.67. The molecule has 0 fully saturated rings. The number of amides is 2. The summed E-state index contributed by atoms with van der Waals surface area (Å²) < 4.78 is 29.2. The fourth-order valence-electron chi connectivity index (χ4n) is 0.749. The topological polar surface area (TPSA) is 165 Å². The standard InChI is InChI=1S/C6H11N3O7S/c1-16-6(13)9-17(14,15)8-3(5(11)12)2-4(7)10/h3,8H,2H2,1H3,(H2,7,10)(H,9,13)(H,11,12). The van der Waals surface area contributed by atoms with E-state index in [1.165, 1.54) is 4.72 Å². The van der Waals surface area contributed by atoms with Gasteiger partial charge in [0.05, 0.1) is 13.5 Å². The van der Waals surface area contributed by atoms with Crippen LogP contribution in [0.4, 0.5) is 4.79 Å². The minimum atomic E-state index is -4.45. The summed E-state index contributed by atoms with van der Waals surface area (Å²) in [6.07, 6.45) is -2.06. The van der Waals surface area contributed by atoms with Gasteiger partial charge in [0.2, 0.25) is 5.91 Å². The number of methoxy groups -OCH3 is 1. The van der Waals surface area contributed by atoms with Crippen LogP contribution >= 0.6 is 0 Å². The van der Waals surface area contributed by atoms with E-state index in [4.69, 9.17) is 10.8 Å². The predicted octanol–water partition coefficient (Wildman–Crippen LogP) is -2.49. The zero-order valence-electron chi connectivity index (χ0n) is 8.67. The van der Waals surface area contributed by atoms with Crippen LogP contribution < -0.4 is 15.2 Å². The Morgan fingerprint density at radius 3 is 2.29 bits per heavy atom. The first kappa shape index (κ1) is 15.1. The van der Waals surface area contributed by atoms with Crippen LogP contribution in [0.25, 0.3) is 0 Å². The van der Waals surface area contributed by atoms with Crippen molar-refractivity contribution in [3.63, 3.8) is 0 Å². The first-order valence-electron chi connectivity index (χ1n) is 4.07. The van der Waals surface area contributed by atoms with Crippen LogP contribution in [0.5, 0.6) is 0 Å². The zero-order valence-corrected chi connectivity index (χ0v) is 9.48. The molecule has 0 aliphatic rings. The summed E-state index contributed by atoms with van der Waals surface area (Å²) in [5.41, 5.74) is 4.73. The summed E-state index contributed by atoms with van der Waals surface area (Å²) in [7, 11) is -3.53. The van der Waals surface area contributed by atoms with Gasteiger partial charge < -0.3 is 15.6 Å². The first-order chi connectivity index (χ1) is 7.68. The molecule has 1 atom stereocenters. The summed E-state index contributed by atoms with van der Waals surface area (Å²) in [5.74, 6) is -2.63. The number of nitrogens with one attached hydrogen (secondary N) is 2. The summed E-state index contributed by atoms with van der Waals surface area (Å²) in [6.45, 7) is 0. The van der Waals surface area contributed by atoms with Gasteiger partial charge in [-0.05, 0) is 0 Å². The highest BCUT2D eigenvalue weighted by Crippen LogP contribution is 1.94. The van der Waals surface area contributed by atoms with Crippen molar-refractivity contribution < 1.29 is 32.6 Å². The highest BCUT2D eigenvalue weighted by atomic mass is 32.2. The number of hydrogen-bond donors (Lipinski definition) is 4. The van der Waals surface area contributed by atoms with Gasteiger partial charge in [-0.2, -0.15) is 13.1 Å². The highest BCUT2D eigenvalue weighted by molar-refractivity contribution is 7.88. The molecule has 0 aliphatic carbocycles. The molecule has 0 aromatic carbocycles. The van der Waals surface area contributed by atoms with E-state index in [1.807, 2.05) is 0 Å². The number of carboxylic acid groups (broad SMARTS) is 1. The Kier molecular flexibility index (Phi) is 5.34. The van der Waals surface area contributed by atoms with E-state index in [9.17, 15) is 22.8 Å². The van der Waals surface area contributed by atoms with E-state index >= 15 is 0 Å². The number of aliphatic carboxylic acids is 1. The van der Waals surface area contributed by atoms with Gasteiger partial charge in [-0.3, -0.25) is 9.59 Å². The summed E-state index contributed by atoms with van der Waals surface area (Å²) in [4.78, 5) is 31.7. The van der Waals surface area contributed by atoms with Crippen molar-refractivity contribution in [2.24, 2.45) is 5.73 Å². The van der Waals surface area contributed by atoms with Crippen LogP contribution in [0.15, 0.2) is 0 Å². The predicted molar refractivity (Wildman–Crippen MR) is 52.8 cm³/mol. The molecule has 0 radical (unpaired) electrons. The van der Waals surface area contributed by atoms with E-state index in [0.717, 1.165) is 7.11 Å². The maximum atomic E-state index is 11.2. The van der Waals surface area contributed by atoms with Gasteiger partial charge in [0.15, 0.2) is 0 Å². The summed E-state index contributed by atoms with van der Waals surface area (Å²) >= 11 is 0. The molecule has 0 rings (SSSR count). The lowest BCUT2D eigenvalue weighted by atomic mass is 10.2. The van der Waals surface area contributed by atoms with E-state index in [2.05, 4.69) is 4.74 Å². The molecule has 0 aromatic rings. The number of carboxylic acids is 1. The van der Waals surface area contributed by atoms with Gasteiger partial charge in [-0.25, -0.2) is 9.52 Å². The molecule has 10 nitrogen and oxygen atoms in total. The number of nitrogens with two attached hydrogens (primary N) is 1. The molecule has 0 saturated heterocycles. The lowest BCUT2D eigenvalue weighted by Crippen LogP contribution is -2.49. The second-order valence-corrected chi connectivity index (χ2v) is 4.22. The minimum Gasteiger partial charge on any atom is -0.480 e. The third kappa shape index (κ3) is 6.32. The Morgan fingerprint density at radius 2 is 1.94 bits per heavy atom. The van der Waals surface area contributed by atoms with Gasteiger partial charge in [-0.15, -0.1) is 0 Å². The second-order valence-electron chi connectivity index (χ2n) is 2.78. The Morgan fingerprint density at radius 1 is 1.41 bits per heavy atom. The average Bonchev–Trinajstić information content (AvgIpc) is 2.14. The van der Waals surface area contributed by atoms with Crippen LogP contribution in [0.1, 0.15) is 6.42 Å². The number of carbonyl (C=O) groups excluding carboxylic acids is 2. The Bertz CT molecular complexity index is 417. The lowest BCUT2D eigenvalue weighted by Gasteiger charge is -2.12. The van der Waals surface area contributed by atoms with E-state index < -0.39 is 40.6 Å². The molecule has 0 aliphatic heterocycles. The number of carbonyl (C=O) groups is 3. The van der Waals surface area contributed by atoms with Crippen LogP contribution in [0.3, 0.4) is 0 Å². The van der Waals surface area contributed by atoms with Crippen LogP contribution in [-0.4, -0.2) is 44.6 Å². The second kappa shape index (κ2) is 6.00. The molecule has 0 bridgehead atoms. The molecule has 0 saturated carbocycles. The Hall–Kier alpha value is -1.88. The molecule has 17 heavy (non-hydrogen) atoms. The van der Waals surface area contributed by atoms with Gasteiger partial charge in [0.25, 0.3) is 0 Å². The SMILES string of the molecule is COC(=O)NS(=O)(=O)NC(CC(N)=O)C(=O)O. The van der Waals surface area contributed by atoms with E-state index in [0.29, 0.717) is 0 Å². The monoisotopic (exact) mass is 269 g/mol. The molecule has 5 N–H and O–H groups in total. The van der Waals surface area contributed by atoms with Crippen LogP contribution in [0.2, 0.25) is 0 Å². The molecule has 0 aromatic heterocycles. The van der Waals surface area contributed by atoms with E-state index in [1.54, 1.807) is 4.72 Å². The molecule has 98 valence electrons. The third-order valence-corrected chi connectivity index (χ3v) is 2.43. The van der Waals surface area contributed by atoms with Crippen LogP contribution in [0, 0.1) is 0 Å². The van der Waals surface area contributed by atoms with Crippen molar-refractivity contribution in [3.05, 3.63) is 0 Å². The lowest BCUT2D eigenvalue weighted by molar-refractivity contribution is -0.140. The van der Waals surface area contributed by atoms with E-state index in [-0.39, 0.29) is 0 Å². The van der Waals surface area contributed by atoms with Gasteiger partial charge in [0, 0.05) is 0 Å². The molecule has 0 spiro atoms. The van der Waals surface area contributed by atoms with Crippen molar-refractivity contribution in [2.45, 2.75) is 12.5 Å². The minimum absolute atomic E-state index is 0.753. The highest BCUT2D eigenvalue weighted by Gasteiger charge is 2.26. The van der Waals surface area contributed by atoms with Gasteiger partial charge in [-0.1, -0.05) is 0 Å². The number of primary amides is 1. The molecule has 11 heteroatoms. The van der Waals surface area contributed by atoms with Crippen molar-refractivity contribution in [1.29, 1.82) is 0 Å².